The summed E-state index contributed by atoms with van der Waals surface area (Å²) in [6.45, 7) is 1.49. The fourth-order valence-corrected chi connectivity index (χ4v) is 5.10. The van der Waals surface area contributed by atoms with Crippen molar-refractivity contribution >= 4 is 18.0 Å². The minimum Gasteiger partial charge on any atom is -0.481 e. The lowest BCUT2D eigenvalue weighted by Gasteiger charge is -2.28. The Balaban J connectivity index is 1.35. The largest absolute Gasteiger partial charge is 0.481 e. The highest BCUT2D eigenvalue weighted by atomic mass is 19.3. The molecule has 1 saturated carbocycles. The minimum absolute atomic E-state index is 0.0406. The first-order valence-corrected chi connectivity index (χ1v) is 11.6. The summed E-state index contributed by atoms with van der Waals surface area (Å²) in [5, 5.41) is 14.1. The van der Waals surface area contributed by atoms with Gasteiger partial charge in [0, 0.05) is 12.0 Å². The molecule has 0 bridgehead atoms. The van der Waals surface area contributed by atoms with E-state index in [0.717, 1.165) is 22.3 Å². The van der Waals surface area contributed by atoms with Gasteiger partial charge >= 0.3 is 12.1 Å². The van der Waals surface area contributed by atoms with Gasteiger partial charge in [-0.1, -0.05) is 55.0 Å². The van der Waals surface area contributed by atoms with Crippen LogP contribution in [0.15, 0.2) is 48.5 Å². The first kappa shape index (κ1) is 24.6. The number of ether oxygens (including phenoxy) is 1. The molecule has 35 heavy (non-hydrogen) atoms. The molecule has 0 radical (unpaired) electrons. The van der Waals surface area contributed by atoms with Crippen molar-refractivity contribution in [1.82, 2.24) is 10.6 Å². The maximum atomic E-state index is 13.6. The van der Waals surface area contributed by atoms with E-state index in [0.29, 0.717) is 19.3 Å². The minimum atomic E-state index is -3.00. The van der Waals surface area contributed by atoms with E-state index in [2.05, 4.69) is 10.6 Å². The third-order valence-electron chi connectivity index (χ3n) is 7.14. The topological polar surface area (TPSA) is 105 Å². The Hall–Kier alpha value is -3.49. The number of alkyl carbamates (subject to hydrolysis) is 1. The van der Waals surface area contributed by atoms with Crippen LogP contribution in [0.5, 0.6) is 0 Å². The van der Waals surface area contributed by atoms with Crippen molar-refractivity contribution in [2.75, 3.05) is 6.61 Å². The molecule has 0 spiro atoms. The maximum absolute atomic E-state index is 13.6. The van der Waals surface area contributed by atoms with E-state index in [1.165, 1.54) is 6.92 Å². The van der Waals surface area contributed by atoms with Gasteiger partial charge in [0.2, 0.25) is 5.91 Å². The van der Waals surface area contributed by atoms with Crippen LogP contribution in [0.25, 0.3) is 11.1 Å². The molecule has 3 atom stereocenters. The molecule has 0 aromatic heterocycles. The Morgan fingerprint density at radius 3 is 2.26 bits per heavy atom. The molecule has 2 amide bonds. The smallest absolute Gasteiger partial charge is 0.407 e. The van der Waals surface area contributed by atoms with E-state index in [-0.39, 0.29) is 12.5 Å². The molecular formula is C26H28F2N2O5. The van der Waals surface area contributed by atoms with Crippen molar-refractivity contribution in [3.63, 3.8) is 0 Å². The van der Waals surface area contributed by atoms with Gasteiger partial charge in [-0.15, -0.1) is 0 Å². The molecule has 3 unspecified atom stereocenters. The summed E-state index contributed by atoms with van der Waals surface area (Å²) >= 11 is 0. The zero-order valence-corrected chi connectivity index (χ0v) is 19.3. The highest BCUT2D eigenvalue weighted by Gasteiger charge is 2.46. The van der Waals surface area contributed by atoms with Gasteiger partial charge in [-0.25, -0.2) is 13.6 Å². The van der Waals surface area contributed by atoms with Gasteiger partial charge in [0.1, 0.15) is 12.6 Å². The van der Waals surface area contributed by atoms with Crippen LogP contribution in [0, 0.1) is 5.41 Å². The van der Waals surface area contributed by atoms with Crippen LogP contribution < -0.4 is 10.6 Å². The second-order valence-corrected chi connectivity index (χ2v) is 9.35. The van der Waals surface area contributed by atoms with E-state index in [4.69, 9.17) is 4.74 Å². The molecule has 7 nitrogen and oxygen atoms in total. The number of aliphatic carboxylic acids is 1. The Kier molecular flexibility index (Phi) is 7.05. The molecule has 2 aromatic carbocycles. The highest BCUT2D eigenvalue weighted by molar-refractivity contribution is 5.81. The number of nitrogens with one attached hydrogen (secondary N) is 2. The standard InChI is InChI=1S/C26H28F2N2O5/c1-26(24(32)33)12-6-11-21(26)30-22(31)13-20(23(27)28)29-25(34)35-14-19-17-9-4-2-7-15(17)16-8-3-5-10-18(16)19/h2-5,7-10,19-21,23H,6,11-14H2,1H3,(H,29,34)(H,30,31)(H,32,33). The lowest BCUT2D eigenvalue weighted by Crippen LogP contribution is -2.50. The molecule has 0 heterocycles. The van der Waals surface area contributed by atoms with E-state index < -0.39 is 48.3 Å². The molecule has 3 N–H and O–H groups in total. The number of amides is 2. The van der Waals surface area contributed by atoms with Gasteiger partial charge in [0.05, 0.1) is 11.8 Å². The van der Waals surface area contributed by atoms with Crippen LogP contribution >= 0.6 is 0 Å². The van der Waals surface area contributed by atoms with Gasteiger partial charge in [-0.3, -0.25) is 9.59 Å². The maximum Gasteiger partial charge on any atom is 0.407 e. The molecule has 2 aliphatic rings. The normalized spacial score (nSPS) is 21.8. The Morgan fingerprint density at radius 1 is 1.09 bits per heavy atom. The summed E-state index contributed by atoms with van der Waals surface area (Å²) in [6, 6.07) is 13.1. The summed E-state index contributed by atoms with van der Waals surface area (Å²) in [5.74, 6) is -2.01. The highest BCUT2D eigenvalue weighted by Crippen LogP contribution is 2.44. The first-order chi connectivity index (χ1) is 16.7. The molecule has 9 heteroatoms. The Bertz CT molecular complexity index is 1080. The number of carbonyl (C=O) groups is 3. The number of benzene rings is 2. The van der Waals surface area contributed by atoms with Crippen molar-refractivity contribution in [3.8, 4) is 11.1 Å². The van der Waals surface area contributed by atoms with E-state index in [9.17, 15) is 28.3 Å². The summed E-state index contributed by atoms with van der Waals surface area (Å²) in [4.78, 5) is 36.4. The van der Waals surface area contributed by atoms with E-state index >= 15 is 0 Å². The lowest BCUT2D eigenvalue weighted by molar-refractivity contribution is -0.149. The van der Waals surface area contributed by atoms with Gasteiger partial charge in [0.25, 0.3) is 6.43 Å². The summed E-state index contributed by atoms with van der Waals surface area (Å²) in [5.41, 5.74) is 2.92. The average molecular weight is 487 g/mol. The predicted molar refractivity (Wildman–Crippen MR) is 124 cm³/mol. The number of hydrogen-bond donors (Lipinski definition) is 3. The number of fused-ring (bicyclic) bond motifs is 3. The first-order valence-electron chi connectivity index (χ1n) is 11.6. The zero-order valence-electron chi connectivity index (χ0n) is 19.3. The molecular weight excluding hydrogens is 458 g/mol. The molecule has 4 rings (SSSR count). The number of carboxylic acids is 1. The van der Waals surface area contributed by atoms with Crippen molar-refractivity contribution in [2.45, 2.75) is 57.0 Å². The van der Waals surface area contributed by atoms with Gasteiger partial charge in [-0.2, -0.15) is 0 Å². The number of hydrogen-bond acceptors (Lipinski definition) is 4. The fourth-order valence-electron chi connectivity index (χ4n) is 5.10. The molecule has 2 aliphatic carbocycles. The number of alkyl halides is 2. The number of rotatable bonds is 8. The predicted octanol–water partition coefficient (Wildman–Crippen LogP) is 4.31. The van der Waals surface area contributed by atoms with Crippen LogP contribution in [-0.4, -0.2) is 48.2 Å². The van der Waals surface area contributed by atoms with Crippen molar-refractivity contribution in [1.29, 1.82) is 0 Å². The molecule has 0 saturated heterocycles. The number of carboxylic acid groups (broad SMARTS) is 1. The fraction of sp³-hybridized carbons (Fsp3) is 0.423. The van der Waals surface area contributed by atoms with Gasteiger partial charge in [-0.05, 0) is 42.0 Å². The van der Waals surface area contributed by atoms with Crippen LogP contribution in [0.4, 0.5) is 13.6 Å². The molecule has 186 valence electrons. The van der Waals surface area contributed by atoms with Crippen molar-refractivity contribution < 1.29 is 33.0 Å². The Morgan fingerprint density at radius 2 is 1.69 bits per heavy atom. The third kappa shape index (κ3) is 4.99. The molecule has 0 aliphatic heterocycles. The molecule has 2 aromatic rings. The summed E-state index contributed by atoms with van der Waals surface area (Å²) < 4.78 is 32.5. The van der Waals surface area contributed by atoms with Gasteiger partial charge in [0.15, 0.2) is 0 Å². The van der Waals surface area contributed by atoms with Crippen LogP contribution in [0.2, 0.25) is 0 Å². The summed E-state index contributed by atoms with van der Waals surface area (Å²) in [6.07, 6.45) is -3.27. The number of halogens is 2. The Labute approximate surface area is 201 Å². The zero-order chi connectivity index (χ0) is 25.2. The summed E-state index contributed by atoms with van der Waals surface area (Å²) in [7, 11) is 0. The van der Waals surface area contributed by atoms with Crippen LogP contribution in [0.1, 0.15) is 49.7 Å². The van der Waals surface area contributed by atoms with Crippen LogP contribution in [-0.2, 0) is 14.3 Å². The monoisotopic (exact) mass is 486 g/mol. The second kappa shape index (κ2) is 10.0. The van der Waals surface area contributed by atoms with E-state index in [1.54, 1.807) is 0 Å². The SMILES string of the molecule is CC1(C(=O)O)CCCC1NC(=O)CC(NC(=O)OCC1c2ccccc2-c2ccccc21)C(F)F. The lowest BCUT2D eigenvalue weighted by atomic mass is 9.85. The quantitative estimate of drug-likeness (QED) is 0.516. The molecule has 1 fully saturated rings. The third-order valence-corrected chi connectivity index (χ3v) is 7.14. The second-order valence-electron chi connectivity index (χ2n) is 9.35. The van der Waals surface area contributed by atoms with Gasteiger partial charge < -0.3 is 20.5 Å². The number of carbonyl (C=O) groups excluding carboxylic acids is 2. The van der Waals surface area contributed by atoms with Crippen molar-refractivity contribution in [3.05, 3.63) is 59.7 Å². The average Bonchev–Trinajstić information content (AvgIpc) is 3.36. The van der Waals surface area contributed by atoms with Crippen LogP contribution in [0.3, 0.4) is 0 Å². The van der Waals surface area contributed by atoms with Crippen molar-refractivity contribution in [2.24, 2.45) is 5.41 Å². The van der Waals surface area contributed by atoms with E-state index in [1.807, 2.05) is 48.5 Å².